The number of carbonyl (C=O) groups is 1. The summed E-state index contributed by atoms with van der Waals surface area (Å²) in [5.41, 5.74) is 0.803. The van der Waals surface area contributed by atoms with Gasteiger partial charge in [-0.05, 0) is 24.4 Å². The van der Waals surface area contributed by atoms with Crippen molar-refractivity contribution in [3.63, 3.8) is 0 Å². The molecule has 9 nitrogen and oxygen atoms in total. The highest BCUT2D eigenvalue weighted by Gasteiger charge is 2.34. The first-order valence-corrected chi connectivity index (χ1v) is 10.5. The molecule has 0 fully saturated rings. The molecule has 32 heavy (non-hydrogen) atoms. The zero-order valence-corrected chi connectivity index (χ0v) is 19.9. The predicted octanol–water partition coefficient (Wildman–Crippen LogP) is 3.95. The Morgan fingerprint density at radius 3 is 2.47 bits per heavy atom. The molecule has 0 saturated heterocycles. The largest absolute Gasteiger partial charge is 0.497 e. The summed E-state index contributed by atoms with van der Waals surface area (Å²) in [5.74, 6) is 0.556. The molecule has 0 aromatic heterocycles. The maximum Gasteiger partial charge on any atom is 0.271 e. The van der Waals surface area contributed by atoms with Crippen molar-refractivity contribution in [2.75, 3.05) is 19.5 Å². The first-order chi connectivity index (χ1) is 15.0. The number of methoxy groups -OCH3 is 2. The average Bonchev–Trinajstić information content (AvgIpc) is 2.73. The van der Waals surface area contributed by atoms with E-state index in [1.165, 1.54) is 32.4 Å². The van der Waals surface area contributed by atoms with Gasteiger partial charge in [-0.3, -0.25) is 14.9 Å². The molecule has 0 aliphatic carbocycles. The van der Waals surface area contributed by atoms with Crippen LogP contribution in [0.4, 0.5) is 11.4 Å². The van der Waals surface area contributed by atoms with E-state index in [-0.39, 0.29) is 17.2 Å². The third-order valence-corrected chi connectivity index (χ3v) is 4.94. The molecule has 0 bridgehead atoms. The van der Waals surface area contributed by atoms with Crippen LogP contribution in [0.25, 0.3) is 0 Å². The van der Waals surface area contributed by atoms with E-state index in [0.29, 0.717) is 22.7 Å². The van der Waals surface area contributed by atoms with Crippen LogP contribution in [-0.2, 0) is 11.2 Å². The van der Waals surface area contributed by atoms with E-state index in [4.69, 9.17) is 56.5 Å². The van der Waals surface area contributed by atoms with Crippen molar-refractivity contribution in [2.45, 2.75) is 16.4 Å². The van der Waals surface area contributed by atoms with Crippen LogP contribution in [0.5, 0.6) is 11.5 Å². The molecule has 2 aromatic rings. The van der Waals surface area contributed by atoms with Crippen LogP contribution in [0.1, 0.15) is 5.56 Å². The second-order valence-electron chi connectivity index (χ2n) is 6.30. The van der Waals surface area contributed by atoms with Gasteiger partial charge in [0.25, 0.3) is 5.69 Å². The third-order valence-electron chi connectivity index (χ3n) is 4.07. The number of nitrogens with zero attached hydrogens (tertiary/aromatic N) is 1. The summed E-state index contributed by atoms with van der Waals surface area (Å²) in [5, 5.41) is 18.9. The zero-order chi connectivity index (χ0) is 23.9. The number of nitrogens with one attached hydrogen (secondary N) is 3. The number of rotatable bonds is 8. The van der Waals surface area contributed by atoms with Crippen LogP contribution >= 0.6 is 47.0 Å². The number of benzene rings is 2. The van der Waals surface area contributed by atoms with E-state index >= 15 is 0 Å². The molecule has 1 atom stereocenters. The number of ether oxygens (including phenoxy) is 2. The highest BCUT2D eigenvalue weighted by atomic mass is 35.6. The normalized spacial score (nSPS) is 11.8. The number of hydrogen-bond acceptors (Lipinski definition) is 6. The van der Waals surface area contributed by atoms with E-state index in [0.717, 1.165) is 0 Å². The molecule has 0 heterocycles. The van der Waals surface area contributed by atoms with E-state index in [1.807, 2.05) is 0 Å². The molecule has 2 aromatic carbocycles. The van der Waals surface area contributed by atoms with Crippen molar-refractivity contribution in [3.05, 3.63) is 58.1 Å². The average molecular weight is 522 g/mol. The fourth-order valence-corrected chi connectivity index (χ4v) is 3.14. The fourth-order valence-electron chi connectivity index (χ4n) is 2.58. The van der Waals surface area contributed by atoms with Gasteiger partial charge in [-0.2, -0.15) is 0 Å². The number of nitro groups is 1. The Bertz CT molecular complexity index is 1000. The lowest BCUT2D eigenvalue weighted by molar-refractivity contribution is -0.384. The zero-order valence-electron chi connectivity index (χ0n) is 16.9. The summed E-state index contributed by atoms with van der Waals surface area (Å²) in [6, 6.07) is 10.7. The van der Waals surface area contributed by atoms with Gasteiger partial charge < -0.3 is 25.4 Å². The number of halogens is 3. The molecule has 3 N–H and O–H groups in total. The van der Waals surface area contributed by atoms with E-state index < -0.39 is 20.8 Å². The maximum atomic E-state index is 12.6. The number of amides is 1. The molecule has 1 amide bonds. The van der Waals surface area contributed by atoms with Gasteiger partial charge in [-0.1, -0.05) is 46.9 Å². The Balaban J connectivity index is 2.07. The molecular formula is C19H19Cl3N4O5S. The van der Waals surface area contributed by atoms with Crippen molar-refractivity contribution in [1.82, 2.24) is 10.6 Å². The number of thiocarbonyl (C=S) groups is 1. The molecule has 13 heteroatoms. The Kier molecular flexibility index (Phi) is 9.14. The quantitative estimate of drug-likeness (QED) is 0.157. The van der Waals surface area contributed by atoms with Crippen LogP contribution in [0.15, 0.2) is 42.5 Å². The minimum Gasteiger partial charge on any atom is -0.497 e. The monoisotopic (exact) mass is 520 g/mol. The van der Waals surface area contributed by atoms with Gasteiger partial charge in [0.05, 0.1) is 25.6 Å². The molecular weight excluding hydrogens is 503 g/mol. The molecule has 2 rings (SSSR count). The number of alkyl halides is 3. The Labute approximate surface area is 204 Å². The third kappa shape index (κ3) is 7.56. The minimum absolute atomic E-state index is 0.0239. The van der Waals surface area contributed by atoms with Crippen LogP contribution < -0.4 is 25.4 Å². The molecule has 0 aliphatic heterocycles. The van der Waals surface area contributed by atoms with Gasteiger partial charge in [-0.25, -0.2) is 0 Å². The molecule has 172 valence electrons. The second kappa shape index (κ2) is 11.4. The van der Waals surface area contributed by atoms with Gasteiger partial charge >= 0.3 is 0 Å². The molecule has 0 spiro atoms. The fraction of sp³-hybridized carbons (Fsp3) is 0.263. The summed E-state index contributed by atoms with van der Waals surface area (Å²) < 4.78 is 8.46. The van der Waals surface area contributed by atoms with Crippen molar-refractivity contribution in [2.24, 2.45) is 0 Å². The van der Waals surface area contributed by atoms with Crippen LogP contribution in [0.3, 0.4) is 0 Å². The molecule has 0 radical (unpaired) electrons. The lowest BCUT2D eigenvalue weighted by Crippen LogP contribution is -2.56. The van der Waals surface area contributed by atoms with Gasteiger partial charge in [-0.15, -0.1) is 0 Å². The summed E-state index contributed by atoms with van der Waals surface area (Å²) in [7, 11) is 2.99. The Morgan fingerprint density at radius 2 is 1.88 bits per heavy atom. The molecule has 0 aliphatic rings. The highest BCUT2D eigenvalue weighted by molar-refractivity contribution is 7.80. The first-order valence-electron chi connectivity index (χ1n) is 8.92. The minimum atomic E-state index is -1.96. The van der Waals surface area contributed by atoms with Crippen molar-refractivity contribution >= 4 is 69.4 Å². The number of nitro benzene ring substituents is 1. The molecule has 0 saturated carbocycles. The van der Waals surface area contributed by atoms with Crippen molar-refractivity contribution in [1.29, 1.82) is 0 Å². The number of non-ortho nitro benzene ring substituents is 1. The number of hydrogen-bond donors (Lipinski definition) is 3. The van der Waals surface area contributed by atoms with Gasteiger partial charge in [0.15, 0.2) is 5.11 Å². The van der Waals surface area contributed by atoms with Crippen LogP contribution in [0.2, 0.25) is 0 Å². The summed E-state index contributed by atoms with van der Waals surface area (Å²) in [4.78, 5) is 23.0. The summed E-state index contributed by atoms with van der Waals surface area (Å²) in [6.45, 7) is 0. The van der Waals surface area contributed by atoms with Crippen molar-refractivity contribution in [3.8, 4) is 11.5 Å². The Hall–Kier alpha value is -2.53. The number of anilines is 1. The Morgan fingerprint density at radius 1 is 1.16 bits per heavy atom. The van der Waals surface area contributed by atoms with Gasteiger partial charge in [0.2, 0.25) is 9.70 Å². The topological polar surface area (TPSA) is 115 Å². The maximum absolute atomic E-state index is 12.6. The van der Waals surface area contributed by atoms with Crippen molar-refractivity contribution < 1.29 is 19.2 Å². The van der Waals surface area contributed by atoms with E-state index in [2.05, 4.69) is 16.0 Å². The SMILES string of the molecule is COc1ccc(CC(=O)NC(NC(=S)Nc2cccc([N+](=O)[O-])c2)C(Cl)(Cl)Cl)c(OC)c1. The van der Waals surface area contributed by atoms with Gasteiger partial charge in [0, 0.05) is 29.4 Å². The second-order valence-corrected chi connectivity index (χ2v) is 9.08. The summed E-state index contributed by atoms with van der Waals surface area (Å²) >= 11 is 23.2. The smallest absolute Gasteiger partial charge is 0.271 e. The molecule has 1 unspecified atom stereocenters. The van der Waals surface area contributed by atoms with Crippen LogP contribution in [-0.4, -0.2) is 40.1 Å². The number of carbonyl (C=O) groups excluding carboxylic acids is 1. The lowest BCUT2D eigenvalue weighted by Gasteiger charge is -2.28. The van der Waals surface area contributed by atoms with Crippen LogP contribution in [0, 0.1) is 10.1 Å². The lowest BCUT2D eigenvalue weighted by atomic mass is 10.1. The predicted molar refractivity (Wildman–Crippen MR) is 128 cm³/mol. The summed E-state index contributed by atoms with van der Waals surface area (Å²) in [6.07, 6.45) is -1.28. The van der Waals surface area contributed by atoms with E-state index in [9.17, 15) is 14.9 Å². The van der Waals surface area contributed by atoms with Gasteiger partial charge in [0.1, 0.15) is 17.7 Å². The standard InChI is InChI=1S/C19H19Cl3N4O5S/c1-30-14-7-6-11(15(10-14)31-2)8-16(27)24-17(19(20,21)22)25-18(32)23-12-4-3-5-13(9-12)26(28)29/h3-7,9-10,17H,8H2,1-2H3,(H,24,27)(H2,23,25,32). The van der Waals surface area contributed by atoms with E-state index in [1.54, 1.807) is 24.3 Å². The highest BCUT2D eigenvalue weighted by Crippen LogP contribution is 2.30. The first kappa shape index (κ1) is 25.7.